The minimum Gasteiger partial charge on any atom is -0.503 e. The highest BCUT2D eigenvalue weighted by Gasteiger charge is 2.45. The highest BCUT2D eigenvalue weighted by molar-refractivity contribution is 6.20. The molecule has 9 heteroatoms. The molecule has 0 saturated heterocycles. The molecule has 0 bridgehead atoms. The van der Waals surface area contributed by atoms with Gasteiger partial charge in [-0.3, -0.25) is 14.5 Å². The molecule has 1 aliphatic rings. The molecule has 1 unspecified atom stereocenters. The molecule has 0 radical (unpaired) electrons. The number of rotatable bonds is 5. The second-order valence-electron chi connectivity index (χ2n) is 7.10. The molecule has 4 rings (SSSR count). The quantitative estimate of drug-likeness (QED) is 0.544. The van der Waals surface area contributed by atoms with E-state index in [2.05, 4.69) is 4.74 Å². The molecule has 1 atom stereocenters. The van der Waals surface area contributed by atoms with Crippen molar-refractivity contribution in [2.45, 2.75) is 19.3 Å². The summed E-state index contributed by atoms with van der Waals surface area (Å²) < 4.78 is 46.5. The van der Waals surface area contributed by atoms with Crippen molar-refractivity contribution in [3.05, 3.63) is 95.1 Å². The summed E-state index contributed by atoms with van der Waals surface area (Å²) in [7, 11) is 0. The normalized spacial score (nSPS) is 16.6. The number of ketones is 1. The van der Waals surface area contributed by atoms with E-state index in [1.165, 1.54) is 30.5 Å². The number of nitrogens with zero attached hydrogens (tertiary/aromatic N) is 1. The Morgan fingerprint density at radius 3 is 2.41 bits per heavy atom. The Balaban J connectivity index is 1.80. The second-order valence-corrected chi connectivity index (χ2v) is 7.10. The maximum atomic E-state index is 13.1. The van der Waals surface area contributed by atoms with Gasteiger partial charge in [-0.2, -0.15) is 0 Å². The van der Waals surface area contributed by atoms with Gasteiger partial charge in [-0.1, -0.05) is 29.8 Å². The largest absolute Gasteiger partial charge is 0.573 e. The van der Waals surface area contributed by atoms with Gasteiger partial charge in [-0.05, 0) is 48.9 Å². The zero-order valence-corrected chi connectivity index (χ0v) is 16.6. The summed E-state index contributed by atoms with van der Waals surface area (Å²) in [5.41, 5.74) is 1.36. The lowest BCUT2D eigenvalue weighted by Gasteiger charge is -2.27. The summed E-state index contributed by atoms with van der Waals surface area (Å²) in [6.45, 7) is 1.82. The molecule has 0 fully saturated rings. The van der Waals surface area contributed by atoms with Gasteiger partial charge in [0.05, 0.1) is 17.9 Å². The van der Waals surface area contributed by atoms with Crippen LogP contribution >= 0.6 is 0 Å². The van der Waals surface area contributed by atoms with Crippen LogP contribution in [0.25, 0.3) is 0 Å². The number of ether oxygens (including phenoxy) is 1. The van der Waals surface area contributed by atoms with E-state index in [-0.39, 0.29) is 17.0 Å². The average molecular weight is 443 g/mol. The number of hydrogen-bond donors (Lipinski definition) is 1. The lowest BCUT2D eigenvalue weighted by Crippen LogP contribution is -2.31. The third kappa shape index (κ3) is 3.96. The van der Waals surface area contributed by atoms with E-state index in [1.807, 2.05) is 13.0 Å². The number of halogens is 3. The van der Waals surface area contributed by atoms with Crippen molar-refractivity contribution in [3.63, 3.8) is 0 Å². The van der Waals surface area contributed by atoms with Crippen molar-refractivity contribution in [2.75, 3.05) is 4.90 Å². The van der Waals surface area contributed by atoms with E-state index in [9.17, 15) is 27.9 Å². The topological polar surface area (TPSA) is 80.0 Å². The lowest BCUT2D eigenvalue weighted by atomic mass is 9.94. The molecular formula is C23H16F3NO5. The van der Waals surface area contributed by atoms with E-state index >= 15 is 0 Å². The van der Waals surface area contributed by atoms with Gasteiger partial charge in [0.25, 0.3) is 5.91 Å². The van der Waals surface area contributed by atoms with Crippen LogP contribution < -0.4 is 9.64 Å². The van der Waals surface area contributed by atoms with Crippen molar-refractivity contribution in [1.29, 1.82) is 0 Å². The Hall–Kier alpha value is -4.01. The molecule has 0 spiro atoms. The van der Waals surface area contributed by atoms with Gasteiger partial charge < -0.3 is 14.3 Å². The van der Waals surface area contributed by atoms with Crippen molar-refractivity contribution in [1.82, 2.24) is 0 Å². The Bertz CT molecular complexity index is 1200. The van der Waals surface area contributed by atoms with Crippen molar-refractivity contribution in [3.8, 4) is 5.75 Å². The number of anilines is 1. The molecule has 32 heavy (non-hydrogen) atoms. The van der Waals surface area contributed by atoms with Gasteiger partial charge >= 0.3 is 6.36 Å². The number of Topliss-reactive ketones (excluding diaryl/α,β-unsaturated/α-hetero) is 1. The van der Waals surface area contributed by atoms with Crippen LogP contribution in [0.1, 0.15) is 27.7 Å². The summed E-state index contributed by atoms with van der Waals surface area (Å²) in [4.78, 5) is 27.2. The van der Waals surface area contributed by atoms with Crippen LogP contribution in [0.15, 0.2) is 82.7 Å². The Morgan fingerprint density at radius 1 is 1.09 bits per heavy atom. The minimum atomic E-state index is -4.86. The third-order valence-electron chi connectivity index (χ3n) is 4.90. The molecule has 1 amide bonds. The van der Waals surface area contributed by atoms with Crippen LogP contribution in [0.5, 0.6) is 5.75 Å². The highest BCUT2D eigenvalue weighted by Crippen LogP contribution is 2.42. The van der Waals surface area contributed by atoms with Crippen molar-refractivity contribution in [2.24, 2.45) is 0 Å². The first kappa shape index (κ1) is 21.2. The minimum absolute atomic E-state index is 0.0622. The first-order chi connectivity index (χ1) is 15.2. The monoisotopic (exact) mass is 443 g/mol. The number of alkyl halides is 3. The fourth-order valence-corrected chi connectivity index (χ4v) is 3.61. The number of furan rings is 1. The van der Waals surface area contributed by atoms with Crippen LogP contribution in [0, 0.1) is 6.92 Å². The summed E-state index contributed by atoms with van der Waals surface area (Å²) in [6, 6.07) is 13.5. The molecule has 0 aliphatic carbocycles. The van der Waals surface area contributed by atoms with Gasteiger partial charge in [0, 0.05) is 5.69 Å². The number of carbonyl (C=O) groups is 2. The maximum Gasteiger partial charge on any atom is 0.573 e. The van der Waals surface area contributed by atoms with E-state index in [0.717, 1.165) is 22.6 Å². The zero-order valence-electron chi connectivity index (χ0n) is 16.6. The number of aryl methyl sites for hydroxylation is 1. The molecule has 1 aromatic heterocycles. The first-order valence-electron chi connectivity index (χ1n) is 9.43. The smallest absolute Gasteiger partial charge is 0.503 e. The molecule has 2 aromatic carbocycles. The molecule has 1 N–H and O–H groups in total. The van der Waals surface area contributed by atoms with Crippen molar-refractivity contribution < 1.29 is 37.0 Å². The maximum absolute atomic E-state index is 13.1. The fourth-order valence-electron chi connectivity index (χ4n) is 3.61. The predicted molar refractivity (Wildman–Crippen MR) is 107 cm³/mol. The molecule has 0 saturated carbocycles. The highest BCUT2D eigenvalue weighted by atomic mass is 19.4. The third-order valence-corrected chi connectivity index (χ3v) is 4.90. The van der Waals surface area contributed by atoms with Gasteiger partial charge in [0.15, 0.2) is 11.5 Å². The number of aliphatic hydroxyl groups excluding tert-OH is 1. The summed E-state index contributed by atoms with van der Waals surface area (Å²) >= 11 is 0. The summed E-state index contributed by atoms with van der Waals surface area (Å²) in [6.07, 6.45) is -3.57. The van der Waals surface area contributed by atoms with Crippen molar-refractivity contribution >= 4 is 17.4 Å². The molecule has 3 aromatic rings. The van der Waals surface area contributed by atoms with E-state index in [0.29, 0.717) is 5.56 Å². The van der Waals surface area contributed by atoms with Crippen LogP contribution in [0.2, 0.25) is 0 Å². The predicted octanol–water partition coefficient (Wildman–Crippen LogP) is 5.27. The number of benzene rings is 2. The molecule has 1 aliphatic heterocycles. The number of carbonyl (C=O) groups excluding carboxylic acids is 2. The van der Waals surface area contributed by atoms with E-state index < -0.39 is 35.6 Å². The first-order valence-corrected chi connectivity index (χ1v) is 9.43. The number of hydrogen-bond acceptors (Lipinski definition) is 5. The fraction of sp³-hybridized carbons (Fsp3) is 0.130. The lowest BCUT2D eigenvalue weighted by molar-refractivity contribution is -0.274. The summed E-state index contributed by atoms with van der Waals surface area (Å²) in [5.74, 6) is -2.83. The van der Waals surface area contributed by atoms with Crippen LogP contribution in [-0.4, -0.2) is 23.2 Å². The Morgan fingerprint density at radius 2 is 1.81 bits per heavy atom. The van der Waals surface area contributed by atoms with Gasteiger partial charge in [-0.25, -0.2) is 0 Å². The Kier molecular flexibility index (Phi) is 5.25. The van der Waals surface area contributed by atoms with Crippen LogP contribution in [0.3, 0.4) is 0 Å². The number of amides is 1. The summed E-state index contributed by atoms with van der Waals surface area (Å²) in [5, 5.41) is 10.6. The van der Waals surface area contributed by atoms with E-state index in [4.69, 9.17) is 4.42 Å². The standard InChI is InChI=1S/C23H16F3NO5/c1-13-4-2-5-14(12-13)19-18(20(28)17-6-3-11-31-17)21(29)22(30)27(19)15-7-9-16(10-8-15)32-23(24,25)26/h2-12,19,29H,1H3. The molecule has 164 valence electrons. The SMILES string of the molecule is Cc1cccc(C2C(C(=O)c3ccco3)=C(O)C(=O)N2c2ccc(OC(F)(F)F)cc2)c1. The van der Waals surface area contributed by atoms with Crippen LogP contribution in [-0.2, 0) is 4.79 Å². The molecular weight excluding hydrogens is 427 g/mol. The average Bonchev–Trinajstić information content (AvgIpc) is 3.35. The zero-order chi connectivity index (χ0) is 23.0. The van der Waals surface area contributed by atoms with Gasteiger partial charge in [-0.15, -0.1) is 13.2 Å². The molecule has 6 nitrogen and oxygen atoms in total. The van der Waals surface area contributed by atoms with Gasteiger partial charge in [0.2, 0.25) is 5.78 Å². The number of aliphatic hydroxyl groups is 1. The Labute approximate surface area is 180 Å². The van der Waals surface area contributed by atoms with Gasteiger partial charge in [0.1, 0.15) is 5.75 Å². The van der Waals surface area contributed by atoms with Crippen LogP contribution in [0.4, 0.5) is 18.9 Å². The second kappa shape index (κ2) is 7.92. The molecule has 2 heterocycles. The van der Waals surface area contributed by atoms with E-state index in [1.54, 1.807) is 18.2 Å².